The fraction of sp³-hybridized carbons (Fsp3) is 0.929. The Morgan fingerprint density at radius 1 is 1.22 bits per heavy atom. The number of hydrogen-bond acceptors (Lipinski definition) is 3. The van der Waals surface area contributed by atoms with Crippen molar-refractivity contribution < 1.29 is 9.53 Å². The minimum atomic E-state index is -0.00598. The predicted molar refractivity (Wildman–Crippen MR) is 73.5 cm³/mol. The lowest BCUT2D eigenvalue weighted by molar-refractivity contribution is -0.127. The summed E-state index contributed by atoms with van der Waals surface area (Å²) in [6.45, 7) is 11.6. The molecule has 0 aromatic heterocycles. The van der Waals surface area contributed by atoms with Crippen LogP contribution in [0.4, 0.5) is 0 Å². The van der Waals surface area contributed by atoms with Crippen LogP contribution in [0.2, 0.25) is 0 Å². The van der Waals surface area contributed by atoms with Gasteiger partial charge in [0.2, 0.25) is 5.91 Å². The predicted octanol–water partition coefficient (Wildman–Crippen LogP) is 1.65. The van der Waals surface area contributed by atoms with E-state index in [-0.39, 0.29) is 18.6 Å². The van der Waals surface area contributed by atoms with Crippen LogP contribution in [0.5, 0.6) is 0 Å². The van der Waals surface area contributed by atoms with Crippen LogP contribution < -0.4 is 5.32 Å². The average molecular weight is 256 g/mol. The Hall–Kier alpha value is -0.610. The summed E-state index contributed by atoms with van der Waals surface area (Å²) in [5.74, 6) is 0.558. The van der Waals surface area contributed by atoms with Crippen LogP contribution in [-0.4, -0.2) is 49.2 Å². The molecule has 1 saturated heterocycles. The minimum absolute atomic E-state index is 0.00598. The van der Waals surface area contributed by atoms with Crippen molar-refractivity contribution >= 4 is 5.91 Å². The lowest BCUT2D eigenvalue weighted by atomic mass is 10.0. The van der Waals surface area contributed by atoms with Crippen LogP contribution in [0, 0.1) is 5.92 Å². The van der Waals surface area contributed by atoms with E-state index in [1.54, 1.807) is 0 Å². The molecule has 1 aliphatic rings. The number of nitrogens with one attached hydrogen (secondary N) is 1. The molecule has 1 atom stereocenters. The Morgan fingerprint density at radius 3 is 2.33 bits per heavy atom. The second-order valence-electron chi connectivity index (χ2n) is 5.72. The van der Waals surface area contributed by atoms with E-state index in [9.17, 15) is 4.79 Å². The summed E-state index contributed by atoms with van der Waals surface area (Å²) in [6.07, 6.45) is 2.68. The first-order valence-electron chi connectivity index (χ1n) is 7.13. The highest BCUT2D eigenvalue weighted by Crippen LogP contribution is 2.16. The smallest absolute Gasteiger partial charge is 0.246 e. The van der Waals surface area contributed by atoms with Gasteiger partial charge in [0, 0.05) is 12.6 Å². The zero-order valence-corrected chi connectivity index (χ0v) is 12.2. The first-order chi connectivity index (χ1) is 8.50. The summed E-state index contributed by atoms with van der Waals surface area (Å²) in [5.41, 5.74) is 0. The van der Waals surface area contributed by atoms with Gasteiger partial charge in [-0.3, -0.25) is 9.69 Å². The molecule has 106 valence electrons. The number of ether oxygens (including phenoxy) is 1. The molecule has 1 rings (SSSR count). The molecule has 1 fully saturated rings. The van der Waals surface area contributed by atoms with Gasteiger partial charge in [0.1, 0.15) is 6.61 Å². The number of hydrogen-bond donors (Lipinski definition) is 1. The summed E-state index contributed by atoms with van der Waals surface area (Å²) in [7, 11) is 0. The molecule has 1 unspecified atom stereocenters. The summed E-state index contributed by atoms with van der Waals surface area (Å²) >= 11 is 0. The molecule has 1 N–H and O–H groups in total. The largest absolute Gasteiger partial charge is 0.369 e. The molecule has 0 bridgehead atoms. The summed E-state index contributed by atoms with van der Waals surface area (Å²) in [5, 5.41) is 2.99. The van der Waals surface area contributed by atoms with Gasteiger partial charge in [0.15, 0.2) is 0 Å². The highest BCUT2D eigenvalue weighted by molar-refractivity contribution is 5.77. The number of carbonyl (C=O) groups is 1. The van der Waals surface area contributed by atoms with Gasteiger partial charge in [0.25, 0.3) is 0 Å². The maximum atomic E-state index is 11.6. The van der Waals surface area contributed by atoms with E-state index in [2.05, 4.69) is 24.1 Å². The molecule has 1 heterocycles. The number of nitrogens with zero attached hydrogens (tertiary/aromatic N) is 1. The van der Waals surface area contributed by atoms with Gasteiger partial charge in [0.05, 0.1) is 6.10 Å². The monoisotopic (exact) mass is 256 g/mol. The molecule has 4 heteroatoms. The quantitative estimate of drug-likeness (QED) is 0.753. The SMILES string of the molecule is CC(C)OCC(=O)NCC(C(C)C)N1CCCC1. The van der Waals surface area contributed by atoms with Crippen LogP contribution in [0.1, 0.15) is 40.5 Å². The van der Waals surface area contributed by atoms with Crippen LogP contribution in [0.3, 0.4) is 0 Å². The van der Waals surface area contributed by atoms with Gasteiger partial charge in [-0.05, 0) is 45.7 Å². The maximum absolute atomic E-state index is 11.6. The molecule has 0 aromatic rings. The molecular formula is C14H28N2O2. The van der Waals surface area contributed by atoms with Crippen LogP contribution in [0.15, 0.2) is 0 Å². The van der Waals surface area contributed by atoms with Gasteiger partial charge in [-0.2, -0.15) is 0 Å². The highest BCUT2D eigenvalue weighted by atomic mass is 16.5. The van der Waals surface area contributed by atoms with Crippen molar-refractivity contribution in [3.05, 3.63) is 0 Å². The topological polar surface area (TPSA) is 41.6 Å². The molecule has 0 radical (unpaired) electrons. The fourth-order valence-electron chi connectivity index (χ4n) is 2.37. The molecule has 4 nitrogen and oxygen atoms in total. The molecule has 0 aromatic carbocycles. The zero-order valence-electron chi connectivity index (χ0n) is 12.2. The lowest BCUT2D eigenvalue weighted by Gasteiger charge is -2.31. The summed E-state index contributed by atoms with van der Waals surface area (Å²) < 4.78 is 5.30. The Morgan fingerprint density at radius 2 is 1.83 bits per heavy atom. The molecule has 1 aliphatic heterocycles. The summed E-state index contributed by atoms with van der Waals surface area (Å²) in [6, 6.07) is 0.454. The van der Waals surface area contributed by atoms with Crippen LogP contribution in [-0.2, 0) is 9.53 Å². The third-order valence-electron chi connectivity index (χ3n) is 3.44. The maximum Gasteiger partial charge on any atom is 0.246 e. The van der Waals surface area contributed by atoms with Crippen molar-refractivity contribution in [3.63, 3.8) is 0 Å². The van der Waals surface area contributed by atoms with Gasteiger partial charge in [-0.25, -0.2) is 0 Å². The third-order valence-corrected chi connectivity index (χ3v) is 3.44. The minimum Gasteiger partial charge on any atom is -0.369 e. The molecule has 18 heavy (non-hydrogen) atoms. The molecular weight excluding hydrogens is 228 g/mol. The van der Waals surface area contributed by atoms with E-state index >= 15 is 0 Å². The van der Waals surface area contributed by atoms with Gasteiger partial charge >= 0.3 is 0 Å². The van der Waals surface area contributed by atoms with Crippen molar-refractivity contribution in [3.8, 4) is 0 Å². The summed E-state index contributed by atoms with van der Waals surface area (Å²) in [4.78, 5) is 14.1. The standard InChI is InChI=1S/C14H28N2O2/c1-11(2)13(16-7-5-6-8-16)9-15-14(17)10-18-12(3)4/h11-13H,5-10H2,1-4H3,(H,15,17). The average Bonchev–Trinajstić information content (AvgIpc) is 2.79. The van der Waals surface area contributed by atoms with E-state index in [1.807, 2.05) is 13.8 Å². The number of rotatable bonds is 7. The van der Waals surface area contributed by atoms with E-state index in [0.717, 1.165) is 6.54 Å². The van der Waals surface area contributed by atoms with Gasteiger partial charge in [-0.1, -0.05) is 13.8 Å². The number of carbonyl (C=O) groups excluding carboxylic acids is 1. The van der Waals surface area contributed by atoms with Crippen molar-refractivity contribution in [1.29, 1.82) is 0 Å². The Labute approximate surface area is 111 Å². The van der Waals surface area contributed by atoms with Crippen molar-refractivity contribution in [2.24, 2.45) is 5.92 Å². The third kappa shape index (κ3) is 5.36. The zero-order chi connectivity index (χ0) is 13.5. The molecule has 1 amide bonds. The van der Waals surface area contributed by atoms with Gasteiger partial charge in [-0.15, -0.1) is 0 Å². The van der Waals surface area contributed by atoms with Crippen molar-refractivity contribution in [1.82, 2.24) is 10.2 Å². The normalized spacial score (nSPS) is 18.6. The molecule has 0 spiro atoms. The second-order valence-corrected chi connectivity index (χ2v) is 5.72. The molecule has 0 aliphatic carbocycles. The van der Waals surface area contributed by atoms with E-state index < -0.39 is 0 Å². The van der Waals surface area contributed by atoms with E-state index in [1.165, 1.54) is 25.9 Å². The highest BCUT2D eigenvalue weighted by Gasteiger charge is 2.24. The fourth-order valence-corrected chi connectivity index (χ4v) is 2.37. The Kier molecular flexibility index (Phi) is 6.65. The second kappa shape index (κ2) is 7.74. The molecule has 0 saturated carbocycles. The lowest BCUT2D eigenvalue weighted by Crippen LogP contribution is -2.46. The Balaban J connectivity index is 2.30. The first kappa shape index (κ1) is 15.4. The number of amides is 1. The van der Waals surface area contributed by atoms with Crippen molar-refractivity contribution in [2.75, 3.05) is 26.2 Å². The van der Waals surface area contributed by atoms with Gasteiger partial charge < -0.3 is 10.1 Å². The number of likely N-dealkylation sites (tertiary alicyclic amines) is 1. The van der Waals surface area contributed by atoms with E-state index in [0.29, 0.717) is 12.0 Å². The van der Waals surface area contributed by atoms with Crippen LogP contribution >= 0.6 is 0 Å². The van der Waals surface area contributed by atoms with Crippen molar-refractivity contribution in [2.45, 2.75) is 52.7 Å². The Bertz CT molecular complexity index is 248. The van der Waals surface area contributed by atoms with Crippen LogP contribution in [0.25, 0.3) is 0 Å². The van der Waals surface area contributed by atoms with E-state index in [4.69, 9.17) is 4.74 Å². The first-order valence-corrected chi connectivity index (χ1v) is 7.13.